The van der Waals surface area contributed by atoms with Gasteiger partial charge in [0.2, 0.25) is 0 Å². The van der Waals surface area contributed by atoms with Gasteiger partial charge in [-0.15, -0.1) is 0 Å². The summed E-state index contributed by atoms with van der Waals surface area (Å²) in [4.78, 5) is 12.5. The van der Waals surface area contributed by atoms with E-state index in [4.69, 9.17) is 0 Å². The molecule has 23 heavy (non-hydrogen) atoms. The molecule has 4 nitrogen and oxygen atoms in total. The molecule has 0 bridgehead atoms. The minimum Gasteiger partial charge on any atom is -0.374 e. The maximum Gasteiger partial charge on any atom is 0.269 e. The third-order valence-corrected chi connectivity index (χ3v) is 3.90. The van der Waals surface area contributed by atoms with Crippen molar-refractivity contribution in [1.82, 2.24) is 0 Å². The Balaban J connectivity index is 1.91. The van der Waals surface area contributed by atoms with Gasteiger partial charge in [-0.3, -0.25) is 10.1 Å². The normalized spacial score (nSPS) is 10.8. The predicted molar refractivity (Wildman–Crippen MR) is 95.1 cm³/mol. The number of nitrogens with zero attached hydrogens (tertiary/aromatic N) is 2. The highest BCUT2D eigenvalue weighted by molar-refractivity contribution is 5.47. The van der Waals surface area contributed by atoms with E-state index >= 15 is 0 Å². The number of non-ortho nitro benzene ring substituents is 1. The van der Waals surface area contributed by atoms with Crippen molar-refractivity contribution in [2.24, 2.45) is 5.92 Å². The van der Waals surface area contributed by atoms with Crippen molar-refractivity contribution in [2.75, 3.05) is 18.5 Å². The Kier molecular flexibility index (Phi) is 5.74. The van der Waals surface area contributed by atoms with Crippen molar-refractivity contribution in [1.29, 1.82) is 0 Å². The molecule has 0 aliphatic carbocycles. The van der Waals surface area contributed by atoms with Gasteiger partial charge in [0.15, 0.2) is 0 Å². The highest BCUT2D eigenvalue weighted by Crippen LogP contribution is 2.17. The van der Waals surface area contributed by atoms with Gasteiger partial charge in [-0.1, -0.05) is 38.1 Å². The van der Waals surface area contributed by atoms with Gasteiger partial charge < -0.3 is 4.90 Å². The average molecular weight is 312 g/mol. The Morgan fingerprint density at radius 1 is 1.00 bits per heavy atom. The molecule has 0 heterocycles. The van der Waals surface area contributed by atoms with Crippen LogP contribution in [0.5, 0.6) is 0 Å². The zero-order valence-corrected chi connectivity index (χ0v) is 14.0. The first-order valence-corrected chi connectivity index (χ1v) is 7.99. The maximum absolute atomic E-state index is 10.7. The van der Waals surface area contributed by atoms with Crippen LogP contribution >= 0.6 is 0 Å². The standard InChI is InChI=1S/C19H24N2O2/c1-15(2)14-17-6-8-18(9-7-17)20(3)13-12-16-4-10-19(11-5-16)21(22)23/h4-11,15H,12-14H2,1-3H3. The first-order valence-electron chi connectivity index (χ1n) is 7.99. The number of rotatable bonds is 7. The van der Waals surface area contributed by atoms with E-state index in [1.54, 1.807) is 12.1 Å². The highest BCUT2D eigenvalue weighted by Gasteiger charge is 2.06. The maximum atomic E-state index is 10.7. The van der Waals surface area contributed by atoms with Crippen LogP contribution in [0.15, 0.2) is 48.5 Å². The summed E-state index contributed by atoms with van der Waals surface area (Å²) in [7, 11) is 2.07. The Morgan fingerprint density at radius 3 is 2.09 bits per heavy atom. The fourth-order valence-corrected chi connectivity index (χ4v) is 2.57. The van der Waals surface area contributed by atoms with E-state index in [9.17, 15) is 10.1 Å². The molecule has 0 saturated carbocycles. The van der Waals surface area contributed by atoms with Crippen LogP contribution < -0.4 is 4.90 Å². The van der Waals surface area contributed by atoms with Gasteiger partial charge in [-0.25, -0.2) is 0 Å². The second-order valence-electron chi connectivity index (χ2n) is 6.36. The fourth-order valence-electron chi connectivity index (χ4n) is 2.57. The molecule has 0 aliphatic heterocycles. The lowest BCUT2D eigenvalue weighted by Gasteiger charge is -2.20. The second kappa shape index (κ2) is 7.77. The SMILES string of the molecule is CC(C)Cc1ccc(N(C)CCc2ccc([N+](=O)[O-])cc2)cc1. The third kappa shape index (κ3) is 5.09. The quantitative estimate of drug-likeness (QED) is 0.559. The minimum atomic E-state index is -0.366. The zero-order chi connectivity index (χ0) is 16.8. The van der Waals surface area contributed by atoms with Crippen molar-refractivity contribution >= 4 is 11.4 Å². The molecule has 2 aromatic carbocycles. The molecule has 0 fully saturated rings. The third-order valence-electron chi connectivity index (χ3n) is 3.90. The molecule has 0 amide bonds. The first-order chi connectivity index (χ1) is 11.0. The summed E-state index contributed by atoms with van der Waals surface area (Å²) in [6.07, 6.45) is 1.97. The summed E-state index contributed by atoms with van der Waals surface area (Å²) in [5.41, 5.74) is 3.81. The molecule has 0 aliphatic rings. The molecular formula is C19H24N2O2. The van der Waals surface area contributed by atoms with Crippen LogP contribution in [-0.2, 0) is 12.8 Å². The number of nitro groups is 1. The molecule has 0 N–H and O–H groups in total. The number of anilines is 1. The molecule has 0 unspecified atom stereocenters. The molecule has 0 saturated heterocycles. The van der Waals surface area contributed by atoms with Crippen molar-refractivity contribution in [2.45, 2.75) is 26.7 Å². The summed E-state index contributed by atoms with van der Waals surface area (Å²) < 4.78 is 0. The zero-order valence-electron chi connectivity index (χ0n) is 14.0. The topological polar surface area (TPSA) is 46.4 Å². The van der Waals surface area contributed by atoms with Crippen LogP contribution in [0.1, 0.15) is 25.0 Å². The fraction of sp³-hybridized carbons (Fsp3) is 0.368. The average Bonchev–Trinajstić information content (AvgIpc) is 2.53. The van der Waals surface area contributed by atoms with Crippen molar-refractivity contribution < 1.29 is 4.92 Å². The lowest BCUT2D eigenvalue weighted by molar-refractivity contribution is -0.384. The van der Waals surface area contributed by atoms with Crippen LogP contribution in [0, 0.1) is 16.0 Å². The van der Waals surface area contributed by atoms with Crippen LogP contribution in [0.4, 0.5) is 11.4 Å². The second-order valence-corrected chi connectivity index (χ2v) is 6.36. The smallest absolute Gasteiger partial charge is 0.269 e. The first kappa shape index (κ1) is 17.0. The number of nitro benzene ring substituents is 1. The molecule has 0 spiro atoms. The van der Waals surface area contributed by atoms with E-state index in [-0.39, 0.29) is 10.6 Å². The minimum absolute atomic E-state index is 0.142. The van der Waals surface area contributed by atoms with Gasteiger partial charge in [-0.2, -0.15) is 0 Å². The Hall–Kier alpha value is -2.36. The molecule has 2 rings (SSSR count). The molecular weight excluding hydrogens is 288 g/mol. The summed E-state index contributed by atoms with van der Waals surface area (Å²) in [6.45, 7) is 5.33. The van der Waals surface area contributed by atoms with Gasteiger partial charge in [0.1, 0.15) is 0 Å². The van der Waals surface area contributed by atoms with Crippen molar-refractivity contribution in [3.05, 3.63) is 69.8 Å². The van der Waals surface area contributed by atoms with Crippen LogP contribution in [0.25, 0.3) is 0 Å². The van der Waals surface area contributed by atoms with Crippen LogP contribution in [0.3, 0.4) is 0 Å². The number of hydrogen-bond donors (Lipinski definition) is 0. The van der Waals surface area contributed by atoms with E-state index < -0.39 is 0 Å². The van der Waals surface area contributed by atoms with E-state index in [0.29, 0.717) is 5.92 Å². The summed E-state index contributed by atoms with van der Waals surface area (Å²) in [5, 5.41) is 10.7. The summed E-state index contributed by atoms with van der Waals surface area (Å²) in [5.74, 6) is 0.667. The van der Waals surface area contributed by atoms with E-state index in [1.165, 1.54) is 11.3 Å². The van der Waals surface area contributed by atoms with E-state index in [1.807, 2.05) is 12.1 Å². The van der Waals surface area contributed by atoms with Gasteiger partial charge in [-0.05, 0) is 42.0 Å². The number of benzene rings is 2. The van der Waals surface area contributed by atoms with Crippen LogP contribution in [-0.4, -0.2) is 18.5 Å². The number of hydrogen-bond acceptors (Lipinski definition) is 3. The lowest BCUT2D eigenvalue weighted by Crippen LogP contribution is -2.20. The molecule has 122 valence electrons. The molecule has 0 atom stereocenters. The molecule has 0 aromatic heterocycles. The molecule has 4 heteroatoms. The van der Waals surface area contributed by atoms with Crippen molar-refractivity contribution in [3.63, 3.8) is 0 Å². The van der Waals surface area contributed by atoms with E-state index in [2.05, 4.69) is 50.1 Å². The Bertz CT molecular complexity index is 633. The monoisotopic (exact) mass is 312 g/mol. The highest BCUT2D eigenvalue weighted by atomic mass is 16.6. The lowest BCUT2D eigenvalue weighted by atomic mass is 10.0. The van der Waals surface area contributed by atoms with Gasteiger partial charge in [0, 0.05) is 31.4 Å². The Morgan fingerprint density at radius 2 is 1.57 bits per heavy atom. The number of likely N-dealkylation sites (N-methyl/N-ethyl adjacent to an activating group) is 1. The summed E-state index contributed by atoms with van der Waals surface area (Å²) >= 11 is 0. The van der Waals surface area contributed by atoms with Gasteiger partial charge >= 0.3 is 0 Å². The van der Waals surface area contributed by atoms with Gasteiger partial charge in [0.25, 0.3) is 5.69 Å². The van der Waals surface area contributed by atoms with Crippen LogP contribution in [0.2, 0.25) is 0 Å². The van der Waals surface area contributed by atoms with Crippen molar-refractivity contribution in [3.8, 4) is 0 Å². The molecule has 0 radical (unpaired) electrons. The molecule has 2 aromatic rings. The van der Waals surface area contributed by atoms with Gasteiger partial charge in [0.05, 0.1) is 4.92 Å². The summed E-state index contributed by atoms with van der Waals surface area (Å²) in [6, 6.07) is 15.5. The van der Waals surface area contributed by atoms with E-state index in [0.717, 1.165) is 24.9 Å². The predicted octanol–water partition coefficient (Wildman–Crippen LogP) is 4.47. The largest absolute Gasteiger partial charge is 0.374 e. The Labute approximate surface area is 137 Å².